The van der Waals surface area contributed by atoms with E-state index >= 15 is 0 Å². The molecule has 0 spiro atoms. The van der Waals surface area contributed by atoms with Gasteiger partial charge in [-0.25, -0.2) is 4.79 Å². The topological polar surface area (TPSA) is 57.2 Å². The standard InChI is InChI=1S/C17H24N2O2/c1-11(2)15(18)13-7-6-8-14-12(13)9-10-19(14)16(20)21-17(3,4)5/h6-11,15H,18H2,1-5H3/t15-/m1/s1. The lowest BCUT2D eigenvalue weighted by Crippen LogP contribution is -2.26. The van der Waals surface area contributed by atoms with Crippen LogP contribution in [-0.4, -0.2) is 16.3 Å². The zero-order valence-corrected chi connectivity index (χ0v) is 13.4. The van der Waals surface area contributed by atoms with Crippen molar-refractivity contribution in [2.75, 3.05) is 0 Å². The van der Waals surface area contributed by atoms with Crippen LogP contribution in [0.3, 0.4) is 0 Å². The minimum atomic E-state index is -0.514. The Balaban J connectivity index is 2.46. The Labute approximate surface area is 125 Å². The van der Waals surface area contributed by atoms with Crippen molar-refractivity contribution in [3.8, 4) is 0 Å². The first-order valence-electron chi connectivity index (χ1n) is 7.29. The fourth-order valence-electron chi connectivity index (χ4n) is 2.31. The van der Waals surface area contributed by atoms with Crippen LogP contribution < -0.4 is 5.73 Å². The van der Waals surface area contributed by atoms with Crippen LogP contribution in [-0.2, 0) is 4.74 Å². The Hall–Kier alpha value is -1.81. The van der Waals surface area contributed by atoms with E-state index in [-0.39, 0.29) is 12.1 Å². The van der Waals surface area contributed by atoms with Crippen LogP contribution in [0.15, 0.2) is 30.5 Å². The molecule has 0 aliphatic carbocycles. The van der Waals surface area contributed by atoms with Crippen molar-refractivity contribution in [2.45, 2.75) is 46.3 Å². The van der Waals surface area contributed by atoms with Crippen LogP contribution >= 0.6 is 0 Å². The zero-order chi connectivity index (χ0) is 15.8. The quantitative estimate of drug-likeness (QED) is 0.905. The number of hydrogen-bond acceptors (Lipinski definition) is 3. The summed E-state index contributed by atoms with van der Waals surface area (Å²) in [5.74, 6) is 0.334. The minimum absolute atomic E-state index is 0.0526. The number of benzene rings is 1. The van der Waals surface area contributed by atoms with Gasteiger partial charge in [-0.05, 0) is 44.4 Å². The van der Waals surface area contributed by atoms with E-state index in [0.29, 0.717) is 5.92 Å². The molecule has 1 heterocycles. The maximum absolute atomic E-state index is 12.3. The van der Waals surface area contributed by atoms with Gasteiger partial charge in [0.1, 0.15) is 5.60 Å². The third-order valence-corrected chi connectivity index (χ3v) is 3.43. The number of hydrogen-bond donors (Lipinski definition) is 1. The second-order valence-electron chi connectivity index (χ2n) is 6.72. The van der Waals surface area contributed by atoms with E-state index in [1.54, 1.807) is 6.20 Å². The number of nitrogens with zero attached hydrogens (tertiary/aromatic N) is 1. The molecule has 2 N–H and O–H groups in total. The largest absolute Gasteiger partial charge is 0.443 e. The van der Waals surface area contributed by atoms with Crippen molar-refractivity contribution >= 4 is 17.0 Å². The summed E-state index contributed by atoms with van der Waals surface area (Å²) in [6.07, 6.45) is 1.38. The zero-order valence-electron chi connectivity index (χ0n) is 13.4. The monoisotopic (exact) mass is 288 g/mol. The number of rotatable bonds is 2. The summed E-state index contributed by atoms with van der Waals surface area (Å²) < 4.78 is 6.97. The van der Waals surface area contributed by atoms with Gasteiger partial charge in [-0.3, -0.25) is 4.57 Å². The molecule has 0 fully saturated rings. The van der Waals surface area contributed by atoms with Gasteiger partial charge in [-0.15, -0.1) is 0 Å². The van der Waals surface area contributed by atoms with Crippen molar-refractivity contribution in [3.05, 3.63) is 36.0 Å². The number of aromatic nitrogens is 1. The summed E-state index contributed by atoms with van der Waals surface area (Å²) in [6, 6.07) is 7.74. The van der Waals surface area contributed by atoms with Gasteiger partial charge in [0.2, 0.25) is 0 Å². The first kappa shape index (κ1) is 15.6. The predicted octanol–water partition coefficient (Wildman–Crippen LogP) is 4.08. The minimum Gasteiger partial charge on any atom is -0.443 e. The Morgan fingerprint density at radius 3 is 2.48 bits per heavy atom. The lowest BCUT2D eigenvalue weighted by atomic mass is 9.94. The lowest BCUT2D eigenvalue weighted by Gasteiger charge is -2.20. The van der Waals surface area contributed by atoms with E-state index in [1.165, 1.54) is 4.57 Å². The highest BCUT2D eigenvalue weighted by Gasteiger charge is 2.21. The second-order valence-corrected chi connectivity index (χ2v) is 6.72. The highest BCUT2D eigenvalue weighted by atomic mass is 16.6. The van der Waals surface area contributed by atoms with Crippen molar-refractivity contribution in [1.29, 1.82) is 0 Å². The summed E-state index contributed by atoms with van der Waals surface area (Å²) in [7, 11) is 0. The molecule has 0 radical (unpaired) electrons. The maximum Gasteiger partial charge on any atom is 0.418 e. The van der Waals surface area contributed by atoms with Crippen LogP contribution in [0, 0.1) is 5.92 Å². The average Bonchev–Trinajstić information content (AvgIpc) is 2.79. The van der Waals surface area contributed by atoms with Crippen LogP contribution in [0.5, 0.6) is 0 Å². The fourth-order valence-corrected chi connectivity index (χ4v) is 2.31. The van der Waals surface area contributed by atoms with Gasteiger partial charge in [0.25, 0.3) is 0 Å². The van der Waals surface area contributed by atoms with Crippen molar-refractivity contribution in [1.82, 2.24) is 4.57 Å². The molecule has 0 aliphatic rings. The molecule has 1 atom stereocenters. The number of nitrogens with two attached hydrogens (primary N) is 1. The predicted molar refractivity (Wildman–Crippen MR) is 85.3 cm³/mol. The van der Waals surface area contributed by atoms with E-state index in [2.05, 4.69) is 13.8 Å². The Kier molecular flexibility index (Phi) is 4.10. The van der Waals surface area contributed by atoms with Crippen LogP contribution in [0.2, 0.25) is 0 Å². The average molecular weight is 288 g/mol. The van der Waals surface area contributed by atoms with Crippen LogP contribution in [0.25, 0.3) is 10.9 Å². The van der Waals surface area contributed by atoms with E-state index < -0.39 is 5.60 Å². The van der Waals surface area contributed by atoms with Crippen LogP contribution in [0.1, 0.15) is 46.2 Å². The van der Waals surface area contributed by atoms with E-state index in [1.807, 2.05) is 45.0 Å². The maximum atomic E-state index is 12.3. The number of fused-ring (bicyclic) bond motifs is 1. The molecule has 4 nitrogen and oxygen atoms in total. The van der Waals surface area contributed by atoms with Crippen LogP contribution in [0.4, 0.5) is 4.79 Å². The normalized spacial score (nSPS) is 13.7. The molecule has 0 saturated carbocycles. The molecule has 21 heavy (non-hydrogen) atoms. The summed E-state index contributed by atoms with van der Waals surface area (Å²) in [5.41, 5.74) is 7.64. The van der Waals surface area contributed by atoms with Gasteiger partial charge in [0.05, 0.1) is 5.52 Å². The summed E-state index contributed by atoms with van der Waals surface area (Å²) in [5, 5.41) is 1.00. The third-order valence-electron chi connectivity index (χ3n) is 3.43. The van der Waals surface area contributed by atoms with E-state index in [9.17, 15) is 4.79 Å². The van der Waals surface area contributed by atoms with Crippen molar-refractivity contribution < 1.29 is 9.53 Å². The molecule has 4 heteroatoms. The fraction of sp³-hybridized carbons (Fsp3) is 0.471. The molecule has 0 unspecified atom stereocenters. The Bertz CT molecular complexity index is 650. The molecule has 1 aromatic carbocycles. The van der Waals surface area contributed by atoms with Gasteiger partial charge in [-0.2, -0.15) is 0 Å². The first-order chi connectivity index (χ1) is 9.70. The van der Waals surface area contributed by atoms with E-state index in [4.69, 9.17) is 10.5 Å². The lowest BCUT2D eigenvalue weighted by molar-refractivity contribution is 0.0544. The molecule has 2 aromatic rings. The van der Waals surface area contributed by atoms with Gasteiger partial charge >= 0.3 is 6.09 Å². The molecule has 0 saturated heterocycles. The van der Waals surface area contributed by atoms with Gasteiger partial charge < -0.3 is 10.5 Å². The highest BCUT2D eigenvalue weighted by Crippen LogP contribution is 2.28. The Morgan fingerprint density at radius 1 is 1.24 bits per heavy atom. The third kappa shape index (κ3) is 3.27. The molecular formula is C17H24N2O2. The van der Waals surface area contributed by atoms with Gasteiger partial charge in [0, 0.05) is 17.6 Å². The second kappa shape index (κ2) is 5.53. The molecular weight excluding hydrogens is 264 g/mol. The summed E-state index contributed by atoms with van der Waals surface area (Å²) in [6.45, 7) is 9.76. The molecule has 2 rings (SSSR count). The van der Waals surface area contributed by atoms with Gasteiger partial charge in [0.15, 0.2) is 0 Å². The number of ether oxygens (including phenoxy) is 1. The molecule has 1 aromatic heterocycles. The summed E-state index contributed by atoms with van der Waals surface area (Å²) >= 11 is 0. The molecule has 0 bridgehead atoms. The van der Waals surface area contributed by atoms with E-state index in [0.717, 1.165) is 16.5 Å². The first-order valence-corrected chi connectivity index (χ1v) is 7.29. The number of carbonyl (C=O) groups is 1. The van der Waals surface area contributed by atoms with Gasteiger partial charge in [-0.1, -0.05) is 26.0 Å². The molecule has 0 aliphatic heterocycles. The molecule has 114 valence electrons. The molecule has 0 amide bonds. The summed E-state index contributed by atoms with van der Waals surface area (Å²) in [4.78, 5) is 12.3. The Morgan fingerprint density at radius 2 is 1.90 bits per heavy atom. The van der Waals surface area contributed by atoms with Crippen molar-refractivity contribution in [3.63, 3.8) is 0 Å². The van der Waals surface area contributed by atoms with Crippen molar-refractivity contribution in [2.24, 2.45) is 11.7 Å². The number of carbonyl (C=O) groups excluding carboxylic acids is 1. The smallest absolute Gasteiger partial charge is 0.418 e. The highest BCUT2D eigenvalue weighted by molar-refractivity contribution is 5.91. The SMILES string of the molecule is CC(C)[C@@H](N)c1cccc2c1ccn2C(=O)OC(C)(C)C.